The minimum absolute atomic E-state index is 0.00330. The number of hydrogen-bond donors (Lipinski definition) is 1. The molecule has 1 aromatic heterocycles. The van der Waals surface area contributed by atoms with Crippen molar-refractivity contribution in [3.63, 3.8) is 0 Å². The number of carbonyl (C=O) groups excluding carboxylic acids is 2. The van der Waals surface area contributed by atoms with Crippen LogP contribution < -0.4 is 5.32 Å². The number of aromatic nitrogens is 1. The predicted octanol–water partition coefficient (Wildman–Crippen LogP) is 3.07. The molecule has 5 rings (SSSR count). The van der Waals surface area contributed by atoms with Crippen molar-refractivity contribution in [3.8, 4) is 0 Å². The van der Waals surface area contributed by atoms with E-state index in [2.05, 4.69) is 10.5 Å². The Morgan fingerprint density at radius 2 is 1.84 bits per heavy atom. The summed E-state index contributed by atoms with van der Waals surface area (Å²) in [4.78, 5) is 27.6. The van der Waals surface area contributed by atoms with Crippen LogP contribution in [0, 0.1) is 23.2 Å². The predicted molar refractivity (Wildman–Crippen MR) is 92.6 cm³/mol. The zero-order chi connectivity index (χ0) is 17.6. The van der Waals surface area contributed by atoms with Crippen molar-refractivity contribution >= 4 is 17.6 Å². The lowest BCUT2D eigenvalue weighted by Crippen LogP contribution is -2.57. The van der Waals surface area contributed by atoms with Gasteiger partial charge in [-0.1, -0.05) is 5.16 Å². The molecule has 4 aliphatic carbocycles. The maximum absolute atomic E-state index is 13.5. The highest BCUT2D eigenvalue weighted by atomic mass is 16.5. The Morgan fingerprint density at radius 1 is 1.24 bits per heavy atom. The number of nitrogens with one attached hydrogen (secondary N) is 1. The van der Waals surface area contributed by atoms with E-state index in [0.717, 1.165) is 19.3 Å². The topological polar surface area (TPSA) is 75.4 Å². The number of rotatable bonds is 5. The van der Waals surface area contributed by atoms with Crippen LogP contribution in [-0.2, 0) is 9.59 Å². The molecule has 0 saturated heterocycles. The molecule has 6 heteroatoms. The van der Waals surface area contributed by atoms with Gasteiger partial charge in [0.2, 0.25) is 11.8 Å². The normalized spacial score (nSPS) is 32.8. The fraction of sp³-hybridized carbons (Fsp3) is 0.737. The number of anilines is 1. The van der Waals surface area contributed by atoms with Gasteiger partial charge in [-0.25, -0.2) is 0 Å². The Kier molecular flexibility index (Phi) is 4.08. The molecule has 0 aromatic carbocycles. The van der Waals surface area contributed by atoms with E-state index in [1.165, 1.54) is 25.5 Å². The van der Waals surface area contributed by atoms with E-state index in [1.54, 1.807) is 11.0 Å². The first-order valence-electron chi connectivity index (χ1n) is 9.46. The van der Waals surface area contributed by atoms with Gasteiger partial charge in [0.25, 0.3) is 0 Å². The first-order valence-corrected chi connectivity index (χ1v) is 9.46. The van der Waals surface area contributed by atoms with Gasteiger partial charge in [0.1, 0.15) is 12.8 Å². The van der Waals surface area contributed by atoms with Crippen molar-refractivity contribution in [2.75, 3.05) is 11.9 Å². The first-order chi connectivity index (χ1) is 11.9. The zero-order valence-corrected chi connectivity index (χ0v) is 15.0. The molecule has 4 fully saturated rings. The van der Waals surface area contributed by atoms with Crippen LogP contribution in [0.15, 0.2) is 16.9 Å². The van der Waals surface area contributed by atoms with E-state index in [9.17, 15) is 9.59 Å². The lowest BCUT2D eigenvalue weighted by molar-refractivity contribution is -0.160. The lowest BCUT2D eigenvalue weighted by Gasteiger charge is -2.56. The Labute approximate surface area is 148 Å². The first kappa shape index (κ1) is 16.6. The summed E-state index contributed by atoms with van der Waals surface area (Å²) in [6, 6.07) is 1.60. The Bertz CT molecular complexity index is 618. The molecular formula is C19H27N3O3. The number of nitrogens with zero attached hydrogens (tertiary/aromatic N) is 2. The van der Waals surface area contributed by atoms with Crippen molar-refractivity contribution in [1.82, 2.24) is 10.1 Å². The standard InChI is InChI=1S/C19H27N3O3/c1-12(2)22(11-17(23)20-16-3-4-25-21-16)18(24)19-8-13-5-14(9-19)7-15(6-13)10-19/h3-4,12-15H,5-11H2,1-2H3,(H,20,21,23). The molecule has 1 aromatic rings. The molecule has 6 nitrogen and oxygen atoms in total. The number of carbonyl (C=O) groups is 2. The van der Waals surface area contributed by atoms with Crippen LogP contribution in [0.25, 0.3) is 0 Å². The molecule has 25 heavy (non-hydrogen) atoms. The second kappa shape index (κ2) is 6.15. The van der Waals surface area contributed by atoms with Gasteiger partial charge in [-0.15, -0.1) is 0 Å². The second-order valence-corrected chi connectivity index (χ2v) is 8.66. The summed E-state index contributed by atoms with van der Waals surface area (Å²) in [6.07, 6.45) is 8.39. The maximum Gasteiger partial charge on any atom is 0.245 e. The molecule has 1 N–H and O–H groups in total. The van der Waals surface area contributed by atoms with E-state index >= 15 is 0 Å². The van der Waals surface area contributed by atoms with Crippen LogP contribution in [0.3, 0.4) is 0 Å². The van der Waals surface area contributed by atoms with Crippen LogP contribution in [0.1, 0.15) is 52.4 Å². The smallest absolute Gasteiger partial charge is 0.245 e. The van der Waals surface area contributed by atoms with Gasteiger partial charge in [0, 0.05) is 12.1 Å². The van der Waals surface area contributed by atoms with Crippen LogP contribution in [0.4, 0.5) is 5.82 Å². The molecule has 0 spiro atoms. The summed E-state index contributed by atoms with van der Waals surface area (Å²) in [5.74, 6) is 2.50. The summed E-state index contributed by atoms with van der Waals surface area (Å²) in [6.45, 7) is 4.05. The Hall–Kier alpha value is -1.85. The van der Waals surface area contributed by atoms with Crippen LogP contribution in [0.5, 0.6) is 0 Å². The molecule has 0 radical (unpaired) electrons. The van der Waals surface area contributed by atoms with E-state index in [-0.39, 0.29) is 29.8 Å². The zero-order valence-electron chi connectivity index (χ0n) is 15.0. The van der Waals surface area contributed by atoms with Crippen LogP contribution in [0.2, 0.25) is 0 Å². The maximum atomic E-state index is 13.5. The fourth-order valence-corrected chi connectivity index (χ4v) is 5.78. The highest BCUT2D eigenvalue weighted by molar-refractivity contribution is 5.95. The van der Waals surface area contributed by atoms with Crippen molar-refractivity contribution < 1.29 is 14.1 Å². The SMILES string of the molecule is CC(C)N(CC(=O)Nc1ccon1)C(=O)C12CC3CC(CC(C3)C1)C2. The molecule has 4 aliphatic rings. The summed E-state index contributed by atoms with van der Waals surface area (Å²) in [7, 11) is 0. The van der Waals surface area contributed by atoms with Gasteiger partial charge in [0.15, 0.2) is 5.82 Å². The summed E-state index contributed by atoms with van der Waals surface area (Å²) < 4.78 is 4.73. The minimum Gasteiger partial charge on any atom is -0.363 e. The Morgan fingerprint density at radius 3 is 2.32 bits per heavy atom. The minimum atomic E-state index is -0.222. The van der Waals surface area contributed by atoms with E-state index in [1.807, 2.05) is 13.8 Å². The van der Waals surface area contributed by atoms with Gasteiger partial charge in [0.05, 0.1) is 5.41 Å². The monoisotopic (exact) mass is 345 g/mol. The highest BCUT2D eigenvalue weighted by Gasteiger charge is 2.55. The van der Waals surface area contributed by atoms with Gasteiger partial charge in [-0.2, -0.15) is 0 Å². The molecule has 2 amide bonds. The number of amides is 2. The molecule has 4 bridgehead atoms. The van der Waals surface area contributed by atoms with Crippen molar-refractivity contribution in [3.05, 3.63) is 12.3 Å². The fourth-order valence-electron chi connectivity index (χ4n) is 5.78. The third-order valence-corrected chi connectivity index (χ3v) is 6.40. The quantitative estimate of drug-likeness (QED) is 0.890. The van der Waals surface area contributed by atoms with Gasteiger partial charge in [-0.3, -0.25) is 9.59 Å². The second-order valence-electron chi connectivity index (χ2n) is 8.66. The molecule has 0 atom stereocenters. The number of hydrogen-bond acceptors (Lipinski definition) is 4. The molecular weight excluding hydrogens is 318 g/mol. The van der Waals surface area contributed by atoms with Crippen LogP contribution >= 0.6 is 0 Å². The lowest BCUT2D eigenvalue weighted by atomic mass is 9.49. The summed E-state index contributed by atoms with van der Waals surface area (Å²) in [5.41, 5.74) is -0.215. The van der Waals surface area contributed by atoms with Gasteiger partial charge < -0.3 is 14.7 Å². The summed E-state index contributed by atoms with van der Waals surface area (Å²) in [5, 5.41) is 6.40. The van der Waals surface area contributed by atoms with Crippen molar-refractivity contribution in [2.24, 2.45) is 23.2 Å². The molecule has 1 heterocycles. The van der Waals surface area contributed by atoms with Gasteiger partial charge in [-0.05, 0) is 70.1 Å². The average Bonchev–Trinajstić information content (AvgIpc) is 3.03. The third-order valence-electron chi connectivity index (χ3n) is 6.40. The van der Waals surface area contributed by atoms with Crippen molar-refractivity contribution in [2.45, 2.75) is 58.4 Å². The molecule has 0 aliphatic heterocycles. The van der Waals surface area contributed by atoms with E-state index < -0.39 is 0 Å². The third kappa shape index (κ3) is 3.07. The highest BCUT2D eigenvalue weighted by Crippen LogP contribution is 2.60. The molecule has 0 unspecified atom stereocenters. The van der Waals surface area contributed by atoms with E-state index in [0.29, 0.717) is 23.6 Å². The average molecular weight is 345 g/mol. The van der Waals surface area contributed by atoms with Gasteiger partial charge >= 0.3 is 0 Å². The van der Waals surface area contributed by atoms with Crippen LogP contribution in [-0.4, -0.2) is 34.5 Å². The largest absolute Gasteiger partial charge is 0.363 e. The Balaban J connectivity index is 1.48. The molecule has 136 valence electrons. The molecule has 4 saturated carbocycles. The summed E-state index contributed by atoms with van der Waals surface area (Å²) >= 11 is 0. The van der Waals surface area contributed by atoms with Crippen molar-refractivity contribution in [1.29, 1.82) is 0 Å². The van der Waals surface area contributed by atoms with E-state index in [4.69, 9.17) is 4.52 Å².